The number of hydrogen-bond donors (Lipinski definition) is 0. The average molecular weight is 304 g/mol. The molecule has 1 unspecified atom stereocenters. The Bertz CT molecular complexity index is 119. The fourth-order valence-electron chi connectivity index (χ4n) is 0.923. The molecule has 0 nitrogen and oxygen atoms in total. The first-order valence-corrected chi connectivity index (χ1v) is 5.91. The summed E-state index contributed by atoms with van der Waals surface area (Å²) in [5.41, 5.74) is 0. The summed E-state index contributed by atoms with van der Waals surface area (Å²) in [6.07, 6.45) is 5.65. The Balaban J connectivity index is 3.67. The number of alkyl halides is 1. The van der Waals surface area contributed by atoms with Crippen LogP contribution in [-0.4, -0.2) is 5.88 Å². The fourth-order valence-corrected chi connectivity index (χ4v) is 1.82. The van der Waals surface area contributed by atoms with Gasteiger partial charge in [-0.1, -0.05) is 13.0 Å². The maximum absolute atomic E-state index is 5.59. The molecule has 0 heterocycles. The van der Waals surface area contributed by atoms with Crippen molar-refractivity contribution in [3.8, 4) is 0 Å². The van der Waals surface area contributed by atoms with E-state index < -0.39 is 0 Å². The fraction of sp³-hybridized carbons (Fsp3) is 0.750. The molecule has 1 atom stereocenters. The van der Waals surface area contributed by atoms with E-state index in [0.717, 1.165) is 15.7 Å². The Morgan fingerprint density at radius 2 is 2.18 bits per heavy atom. The third kappa shape index (κ3) is 7.35. The molecule has 0 aromatic rings. The van der Waals surface area contributed by atoms with Gasteiger partial charge in [-0.2, -0.15) is 0 Å². The van der Waals surface area contributed by atoms with Crippen molar-refractivity contribution in [2.45, 2.75) is 26.2 Å². The summed E-state index contributed by atoms with van der Waals surface area (Å²) in [6, 6.07) is 0. The second-order valence-electron chi connectivity index (χ2n) is 2.46. The Hall–Kier alpha value is 0.990. The molecule has 0 aliphatic rings. The highest BCUT2D eigenvalue weighted by Crippen LogP contribution is 2.21. The Morgan fingerprint density at radius 1 is 1.55 bits per heavy atom. The zero-order chi connectivity index (χ0) is 8.69. The first-order chi connectivity index (χ1) is 5.20. The minimum absolute atomic E-state index is 0.655. The molecule has 0 fully saturated rings. The number of rotatable bonds is 5. The predicted molar refractivity (Wildman–Crippen MR) is 59.7 cm³/mol. The van der Waals surface area contributed by atoms with Crippen LogP contribution in [0.25, 0.3) is 0 Å². The van der Waals surface area contributed by atoms with E-state index in [1.807, 2.05) is 0 Å². The molecule has 0 aromatic carbocycles. The van der Waals surface area contributed by atoms with Crippen molar-refractivity contribution in [3.05, 3.63) is 9.47 Å². The SMILES string of the molecule is CCC(C=C(Br)Br)CCCCl. The van der Waals surface area contributed by atoms with Crippen LogP contribution in [0.2, 0.25) is 0 Å². The standard InChI is InChI=1S/C8H13Br2Cl/c1-2-7(4-3-5-11)6-8(9)10/h6-7H,2-5H2,1H3. The normalized spacial score (nSPS) is 12.7. The van der Waals surface area contributed by atoms with E-state index in [1.165, 1.54) is 12.8 Å². The van der Waals surface area contributed by atoms with Gasteiger partial charge in [0.05, 0.1) is 3.39 Å². The average Bonchev–Trinajstić information content (AvgIpc) is 1.97. The Kier molecular flexibility index (Phi) is 8.32. The molecular formula is C8H13Br2Cl. The summed E-state index contributed by atoms with van der Waals surface area (Å²) in [7, 11) is 0. The van der Waals surface area contributed by atoms with Crippen molar-refractivity contribution >= 4 is 43.5 Å². The molecule has 0 aliphatic carbocycles. The lowest BCUT2D eigenvalue weighted by Crippen LogP contribution is -1.94. The number of allylic oxidation sites excluding steroid dienone is 1. The first kappa shape index (κ1) is 12.0. The lowest BCUT2D eigenvalue weighted by Gasteiger charge is -2.07. The van der Waals surface area contributed by atoms with Crippen LogP contribution >= 0.6 is 43.5 Å². The van der Waals surface area contributed by atoms with Gasteiger partial charge in [-0.15, -0.1) is 11.6 Å². The minimum atomic E-state index is 0.655. The summed E-state index contributed by atoms with van der Waals surface area (Å²) in [4.78, 5) is 0. The van der Waals surface area contributed by atoms with Gasteiger partial charge in [0.25, 0.3) is 0 Å². The van der Waals surface area contributed by atoms with Crippen LogP contribution in [0.3, 0.4) is 0 Å². The van der Waals surface area contributed by atoms with E-state index >= 15 is 0 Å². The maximum Gasteiger partial charge on any atom is 0.0567 e. The van der Waals surface area contributed by atoms with E-state index in [1.54, 1.807) is 0 Å². The second-order valence-corrected chi connectivity index (χ2v) is 5.61. The second kappa shape index (κ2) is 7.63. The smallest absolute Gasteiger partial charge is 0.0567 e. The quantitative estimate of drug-likeness (QED) is 0.648. The largest absolute Gasteiger partial charge is 0.127 e. The monoisotopic (exact) mass is 302 g/mol. The van der Waals surface area contributed by atoms with Gasteiger partial charge in [-0.05, 0) is 57.0 Å². The van der Waals surface area contributed by atoms with Crippen molar-refractivity contribution in [2.24, 2.45) is 5.92 Å². The summed E-state index contributed by atoms with van der Waals surface area (Å²) in [5, 5.41) is 0. The molecule has 66 valence electrons. The third-order valence-electron chi connectivity index (χ3n) is 1.59. The molecule has 0 spiro atoms. The molecule has 0 bridgehead atoms. The van der Waals surface area contributed by atoms with Crippen LogP contribution in [0.4, 0.5) is 0 Å². The van der Waals surface area contributed by atoms with Crippen molar-refractivity contribution in [1.82, 2.24) is 0 Å². The van der Waals surface area contributed by atoms with E-state index in [4.69, 9.17) is 11.6 Å². The minimum Gasteiger partial charge on any atom is -0.127 e. The van der Waals surface area contributed by atoms with Crippen molar-refractivity contribution < 1.29 is 0 Å². The van der Waals surface area contributed by atoms with Crippen LogP contribution in [-0.2, 0) is 0 Å². The summed E-state index contributed by atoms with van der Waals surface area (Å²) >= 11 is 12.3. The van der Waals surface area contributed by atoms with Gasteiger partial charge in [-0.3, -0.25) is 0 Å². The Morgan fingerprint density at radius 3 is 2.55 bits per heavy atom. The van der Waals surface area contributed by atoms with Crippen LogP contribution in [0.15, 0.2) is 9.47 Å². The van der Waals surface area contributed by atoms with Crippen LogP contribution in [0, 0.1) is 5.92 Å². The molecule has 3 heteroatoms. The van der Waals surface area contributed by atoms with Gasteiger partial charge in [0.1, 0.15) is 0 Å². The zero-order valence-electron chi connectivity index (χ0n) is 6.62. The van der Waals surface area contributed by atoms with Crippen molar-refractivity contribution in [1.29, 1.82) is 0 Å². The molecule has 0 saturated heterocycles. The summed E-state index contributed by atoms with van der Waals surface area (Å²) < 4.78 is 1.05. The van der Waals surface area contributed by atoms with Gasteiger partial charge in [0.15, 0.2) is 0 Å². The highest BCUT2D eigenvalue weighted by Gasteiger charge is 2.01. The predicted octanol–water partition coefficient (Wildman–Crippen LogP) is 4.66. The van der Waals surface area contributed by atoms with Gasteiger partial charge in [-0.25, -0.2) is 0 Å². The molecule has 0 aromatic heterocycles. The van der Waals surface area contributed by atoms with Gasteiger partial charge >= 0.3 is 0 Å². The van der Waals surface area contributed by atoms with Gasteiger partial charge < -0.3 is 0 Å². The topological polar surface area (TPSA) is 0 Å². The zero-order valence-corrected chi connectivity index (χ0v) is 10.5. The van der Waals surface area contributed by atoms with E-state index in [9.17, 15) is 0 Å². The van der Waals surface area contributed by atoms with Crippen molar-refractivity contribution in [3.63, 3.8) is 0 Å². The molecule has 0 saturated carbocycles. The number of halogens is 3. The highest BCUT2D eigenvalue weighted by molar-refractivity contribution is 9.28. The lowest BCUT2D eigenvalue weighted by molar-refractivity contribution is 0.565. The summed E-state index contributed by atoms with van der Waals surface area (Å²) in [6.45, 7) is 2.19. The molecule has 0 N–H and O–H groups in total. The first-order valence-electron chi connectivity index (χ1n) is 3.79. The van der Waals surface area contributed by atoms with Gasteiger partial charge in [0.2, 0.25) is 0 Å². The van der Waals surface area contributed by atoms with Crippen LogP contribution < -0.4 is 0 Å². The van der Waals surface area contributed by atoms with Gasteiger partial charge in [0, 0.05) is 5.88 Å². The maximum atomic E-state index is 5.59. The van der Waals surface area contributed by atoms with E-state index in [2.05, 4.69) is 44.9 Å². The number of hydrogen-bond acceptors (Lipinski definition) is 0. The molecule has 0 aliphatic heterocycles. The van der Waals surface area contributed by atoms with Crippen LogP contribution in [0.1, 0.15) is 26.2 Å². The van der Waals surface area contributed by atoms with E-state index in [0.29, 0.717) is 5.92 Å². The highest BCUT2D eigenvalue weighted by atomic mass is 79.9. The molecule has 0 amide bonds. The van der Waals surface area contributed by atoms with Crippen molar-refractivity contribution in [2.75, 3.05) is 5.88 Å². The molecule has 11 heavy (non-hydrogen) atoms. The third-order valence-corrected chi connectivity index (χ3v) is 2.39. The van der Waals surface area contributed by atoms with Crippen LogP contribution in [0.5, 0.6) is 0 Å². The summed E-state index contributed by atoms with van der Waals surface area (Å²) in [5.74, 6) is 1.42. The molecule has 0 radical (unpaired) electrons. The molecule has 0 rings (SSSR count). The molecular weight excluding hydrogens is 291 g/mol. The van der Waals surface area contributed by atoms with E-state index in [-0.39, 0.29) is 0 Å². The Labute approximate surface area is 90.6 Å². The lowest BCUT2D eigenvalue weighted by atomic mass is 10.0.